The normalized spacial score (nSPS) is 27.2. The molecule has 2 unspecified atom stereocenters. The van der Waals surface area contributed by atoms with Crippen molar-refractivity contribution < 1.29 is 14.4 Å². The van der Waals surface area contributed by atoms with Crippen molar-refractivity contribution in [3.8, 4) is 0 Å². The van der Waals surface area contributed by atoms with Crippen LogP contribution in [0.4, 0.5) is 4.39 Å². The molecular weight excluding hydrogens is 241 g/mol. The average Bonchev–Trinajstić information content (AvgIpc) is 2.29. The summed E-state index contributed by atoms with van der Waals surface area (Å²) in [5.74, 6) is -1.02. The number of alkyl halides is 1. The highest BCUT2D eigenvalue weighted by Crippen LogP contribution is 2.45. The van der Waals surface area contributed by atoms with Gasteiger partial charge in [0.15, 0.2) is 0 Å². The number of halogens is 2. The number of benzene rings is 1. The van der Waals surface area contributed by atoms with Crippen molar-refractivity contribution in [3.05, 3.63) is 60.0 Å². The summed E-state index contributed by atoms with van der Waals surface area (Å²) in [4.78, 5) is -1.06. The van der Waals surface area contributed by atoms with Crippen molar-refractivity contribution in [2.24, 2.45) is 0 Å². The molecule has 2 rings (SSSR count). The van der Waals surface area contributed by atoms with Gasteiger partial charge in [-0.2, -0.15) is 0 Å². The Kier molecular flexibility index (Phi) is 3.38. The van der Waals surface area contributed by atoms with E-state index in [2.05, 4.69) is 0 Å². The molecule has 1 aromatic carbocycles. The number of hydrogen-bond acceptors (Lipinski definition) is 2. The Morgan fingerprint density at radius 1 is 1.18 bits per heavy atom. The van der Waals surface area contributed by atoms with Gasteiger partial charge >= 0.3 is 7.12 Å². The fraction of sp³-hybridized carbons (Fsp3) is 0.167. The Hall–Kier alpha value is -1.10. The van der Waals surface area contributed by atoms with E-state index < -0.39 is 17.8 Å². The smallest absolute Gasteiger partial charge is 0.427 e. The molecule has 0 aromatic heterocycles. The molecule has 5 heteroatoms. The first-order valence-electron chi connectivity index (χ1n) is 5.21. The SMILES string of the molecule is OB(O)C1C=CC=CC1(Cl)c1ccc(F)cc1. The van der Waals surface area contributed by atoms with Crippen LogP contribution in [0.5, 0.6) is 0 Å². The third-order valence-electron chi connectivity index (χ3n) is 2.86. The first-order valence-corrected chi connectivity index (χ1v) is 5.59. The van der Waals surface area contributed by atoms with E-state index in [9.17, 15) is 14.4 Å². The first kappa shape index (κ1) is 12.4. The topological polar surface area (TPSA) is 40.5 Å². The second-order valence-electron chi connectivity index (χ2n) is 3.96. The molecule has 1 aliphatic rings. The molecule has 0 aliphatic heterocycles. The number of rotatable bonds is 2. The van der Waals surface area contributed by atoms with E-state index in [4.69, 9.17) is 11.6 Å². The van der Waals surface area contributed by atoms with Gasteiger partial charge in [0.05, 0.1) is 4.87 Å². The van der Waals surface area contributed by atoms with Gasteiger partial charge in [-0.1, -0.05) is 36.4 Å². The van der Waals surface area contributed by atoms with Crippen LogP contribution in [0.15, 0.2) is 48.6 Å². The van der Waals surface area contributed by atoms with E-state index in [1.54, 1.807) is 36.4 Å². The predicted octanol–water partition coefficient (Wildman–Crippen LogP) is 2.23. The maximum atomic E-state index is 12.9. The van der Waals surface area contributed by atoms with Crippen molar-refractivity contribution in [3.63, 3.8) is 0 Å². The van der Waals surface area contributed by atoms with Crippen molar-refractivity contribution in [2.45, 2.75) is 10.7 Å². The Bertz CT molecular complexity index is 458. The molecule has 0 saturated carbocycles. The van der Waals surface area contributed by atoms with E-state index in [0.29, 0.717) is 5.56 Å². The minimum atomic E-state index is -1.57. The van der Waals surface area contributed by atoms with Crippen molar-refractivity contribution in [1.29, 1.82) is 0 Å². The van der Waals surface area contributed by atoms with E-state index in [1.165, 1.54) is 12.1 Å². The highest BCUT2D eigenvalue weighted by molar-refractivity contribution is 6.48. The molecule has 17 heavy (non-hydrogen) atoms. The molecule has 2 N–H and O–H groups in total. The van der Waals surface area contributed by atoms with Gasteiger partial charge in [-0.05, 0) is 17.7 Å². The van der Waals surface area contributed by atoms with Gasteiger partial charge in [-0.25, -0.2) is 4.39 Å². The molecule has 0 spiro atoms. The van der Waals surface area contributed by atoms with Gasteiger partial charge in [0.1, 0.15) is 5.82 Å². The van der Waals surface area contributed by atoms with Gasteiger partial charge < -0.3 is 10.0 Å². The summed E-state index contributed by atoms with van der Waals surface area (Å²) in [6.45, 7) is 0. The lowest BCUT2D eigenvalue weighted by Gasteiger charge is -2.32. The van der Waals surface area contributed by atoms with E-state index >= 15 is 0 Å². The van der Waals surface area contributed by atoms with Crippen LogP contribution in [0.1, 0.15) is 5.56 Å². The lowest BCUT2D eigenvalue weighted by atomic mass is 9.62. The van der Waals surface area contributed by atoms with Crippen LogP contribution in [-0.4, -0.2) is 17.2 Å². The molecule has 1 aliphatic carbocycles. The molecule has 0 bridgehead atoms. The fourth-order valence-corrected chi connectivity index (χ4v) is 2.33. The van der Waals surface area contributed by atoms with Crippen LogP contribution in [0.3, 0.4) is 0 Å². The van der Waals surface area contributed by atoms with Crippen LogP contribution >= 0.6 is 11.6 Å². The molecule has 2 nitrogen and oxygen atoms in total. The molecule has 0 amide bonds. The van der Waals surface area contributed by atoms with E-state index in [0.717, 1.165) is 0 Å². The largest absolute Gasteiger partial charge is 0.461 e. The highest BCUT2D eigenvalue weighted by Gasteiger charge is 2.42. The van der Waals surface area contributed by atoms with Crippen molar-refractivity contribution in [2.75, 3.05) is 0 Å². The Labute approximate surface area is 104 Å². The molecule has 0 radical (unpaired) electrons. The van der Waals surface area contributed by atoms with Crippen LogP contribution < -0.4 is 0 Å². The first-order chi connectivity index (χ1) is 8.04. The summed E-state index contributed by atoms with van der Waals surface area (Å²) in [5.41, 5.74) is 0.624. The fourth-order valence-electron chi connectivity index (χ4n) is 1.94. The Morgan fingerprint density at radius 2 is 1.82 bits per heavy atom. The third kappa shape index (κ3) is 2.29. The molecule has 0 saturated heterocycles. The Morgan fingerprint density at radius 3 is 2.41 bits per heavy atom. The summed E-state index contributed by atoms with van der Waals surface area (Å²) in [7, 11) is -1.57. The van der Waals surface area contributed by atoms with Crippen LogP contribution in [-0.2, 0) is 4.87 Å². The predicted molar refractivity (Wildman–Crippen MR) is 66.2 cm³/mol. The number of hydrogen-bond donors (Lipinski definition) is 2. The maximum Gasteiger partial charge on any atom is 0.461 e. The summed E-state index contributed by atoms with van der Waals surface area (Å²) in [6.07, 6.45) is 6.73. The van der Waals surface area contributed by atoms with E-state index in [1.807, 2.05) is 0 Å². The van der Waals surface area contributed by atoms with Gasteiger partial charge in [0.25, 0.3) is 0 Å². The van der Waals surface area contributed by atoms with Gasteiger partial charge in [0, 0.05) is 5.82 Å². The quantitative estimate of drug-likeness (QED) is 0.626. The lowest BCUT2D eigenvalue weighted by molar-refractivity contribution is 0.384. The molecule has 88 valence electrons. The average molecular weight is 252 g/mol. The van der Waals surface area contributed by atoms with Crippen molar-refractivity contribution in [1.82, 2.24) is 0 Å². The molecular formula is C12H11BClFO2. The maximum absolute atomic E-state index is 12.9. The van der Waals surface area contributed by atoms with Crippen molar-refractivity contribution >= 4 is 18.7 Å². The van der Waals surface area contributed by atoms with Gasteiger partial charge in [-0.3, -0.25) is 0 Å². The number of allylic oxidation sites excluding steroid dienone is 4. The Balaban J connectivity index is 2.42. The molecule has 2 atom stereocenters. The standard InChI is InChI=1S/C12H11BClFO2/c14-12(9-4-6-10(15)7-5-9)8-2-1-3-11(12)13(16)17/h1-8,11,16-17H. The highest BCUT2D eigenvalue weighted by atomic mass is 35.5. The van der Waals surface area contributed by atoms with Gasteiger partial charge in [0.2, 0.25) is 0 Å². The lowest BCUT2D eigenvalue weighted by Crippen LogP contribution is -2.34. The summed E-state index contributed by atoms with van der Waals surface area (Å²) < 4.78 is 12.9. The third-order valence-corrected chi connectivity index (χ3v) is 3.46. The van der Waals surface area contributed by atoms with Gasteiger partial charge in [-0.15, -0.1) is 11.6 Å². The second-order valence-corrected chi connectivity index (χ2v) is 4.58. The molecule has 0 fully saturated rings. The van der Waals surface area contributed by atoms with E-state index in [-0.39, 0.29) is 5.82 Å². The minimum Gasteiger partial charge on any atom is -0.427 e. The summed E-state index contributed by atoms with van der Waals surface area (Å²) >= 11 is 6.43. The van der Waals surface area contributed by atoms with Crippen LogP contribution in [0, 0.1) is 5.82 Å². The zero-order valence-electron chi connectivity index (χ0n) is 8.92. The zero-order valence-corrected chi connectivity index (χ0v) is 9.68. The summed E-state index contributed by atoms with van der Waals surface area (Å²) in [5, 5.41) is 18.7. The van der Waals surface area contributed by atoms with Crippen LogP contribution in [0.2, 0.25) is 5.82 Å². The monoisotopic (exact) mass is 252 g/mol. The molecule has 0 heterocycles. The minimum absolute atomic E-state index is 0.356. The molecule has 1 aromatic rings. The second kappa shape index (κ2) is 4.65. The van der Waals surface area contributed by atoms with Crippen LogP contribution in [0.25, 0.3) is 0 Å². The summed E-state index contributed by atoms with van der Waals surface area (Å²) in [6, 6.07) is 5.68. The zero-order chi connectivity index (χ0) is 12.5.